The van der Waals surface area contributed by atoms with Gasteiger partial charge in [0.15, 0.2) is 0 Å². The van der Waals surface area contributed by atoms with E-state index in [2.05, 4.69) is 11.9 Å². The molecule has 0 aromatic carbocycles. The third-order valence-corrected chi connectivity index (χ3v) is 3.72. The van der Waals surface area contributed by atoms with E-state index in [-0.39, 0.29) is 6.09 Å². The summed E-state index contributed by atoms with van der Waals surface area (Å²) < 4.78 is 5.37. The second-order valence-electron chi connectivity index (χ2n) is 5.73. The van der Waals surface area contributed by atoms with E-state index in [1.165, 1.54) is 0 Å². The molecule has 1 fully saturated rings. The molecule has 0 aliphatic carbocycles. The highest BCUT2D eigenvalue weighted by Crippen LogP contribution is 2.15. The van der Waals surface area contributed by atoms with Gasteiger partial charge < -0.3 is 15.0 Å². The molecule has 0 bridgehead atoms. The lowest BCUT2D eigenvalue weighted by molar-refractivity contribution is 0.0291. The Hall–Kier alpha value is -0.680. The van der Waals surface area contributed by atoms with Crippen LogP contribution in [0.4, 0.5) is 4.79 Å². The summed E-state index contributed by atoms with van der Waals surface area (Å²) in [5.74, 6) is 2.07. The molecule has 0 saturated carbocycles. The zero-order valence-electron chi connectivity index (χ0n) is 12.3. The van der Waals surface area contributed by atoms with Gasteiger partial charge in [-0.1, -0.05) is 6.08 Å². The molecule has 0 aromatic heterocycles. The maximum absolute atomic E-state index is 11.9. The summed E-state index contributed by atoms with van der Waals surface area (Å²) in [5, 5.41) is 3.48. The molecule has 1 atom stereocenters. The summed E-state index contributed by atoms with van der Waals surface area (Å²) in [5.41, 5.74) is -0.413. The summed E-state index contributed by atoms with van der Waals surface area (Å²) in [6.45, 7) is 11.9. The first-order chi connectivity index (χ1) is 8.92. The smallest absolute Gasteiger partial charge is 0.410 e. The SMILES string of the molecule is C=CCSCCNC1CCN(C(=O)OC(C)(C)C)C1. The normalized spacial score (nSPS) is 19.5. The maximum Gasteiger partial charge on any atom is 0.410 e. The van der Waals surface area contributed by atoms with Crippen LogP contribution in [-0.4, -0.2) is 53.8 Å². The minimum absolute atomic E-state index is 0.196. The van der Waals surface area contributed by atoms with Gasteiger partial charge in [-0.05, 0) is 27.2 Å². The number of carbonyl (C=O) groups excluding carboxylic acids is 1. The molecule has 1 saturated heterocycles. The quantitative estimate of drug-likeness (QED) is 0.602. The molecule has 1 heterocycles. The van der Waals surface area contributed by atoms with E-state index >= 15 is 0 Å². The van der Waals surface area contributed by atoms with Gasteiger partial charge in [0.05, 0.1) is 0 Å². The Morgan fingerprint density at radius 3 is 2.95 bits per heavy atom. The Kier molecular flexibility index (Phi) is 6.72. The van der Waals surface area contributed by atoms with Gasteiger partial charge in [-0.15, -0.1) is 6.58 Å². The highest BCUT2D eigenvalue weighted by Gasteiger charge is 2.29. The third-order valence-electron chi connectivity index (χ3n) is 2.76. The topological polar surface area (TPSA) is 41.6 Å². The molecule has 1 unspecified atom stereocenters. The van der Waals surface area contributed by atoms with Crippen LogP contribution in [0.5, 0.6) is 0 Å². The second kappa shape index (κ2) is 7.80. The predicted molar refractivity (Wildman–Crippen MR) is 81.7 cm³/mol. The van der Waals surface area contributed by atoms with Crippen LogP contribution in [0, 0.1) is 0 Å². The fourth-order valence-corrected chi connectivity index (χ4v) is 2.52. The first kappa shape index (κ1) is 16.4. The largest absolute Gasteiger partial charge is 0.444 e. The molecule has 0 spiro atoms. The standard InChI is InChI=1S/C14H26N2O2S/c1-5-9-19-10-7-15-12-6-8-16(11-12)13(17)18-14(2,3)4/h5,12,15H,1,6-11H2,2-4H3. The minimum Gasteiger partial charge on any atom is -0.444 e. The summed E-state index contributed by atoms with van der Waals surface area (Å²) in [7, 11) is 0. The minimum atomic E-state index is -0.413. The number of amides is 1. The number of hydrogen-bond donors (Lipinski definition) is 1. The van der Waals surface area contributed by atoms with Crippen LogP contribution < -0.4 is 5.32 Å². The van der Waals surface area contributed by atoms with Crippen LogP contribution in [0.2, 0.25) is 0 Å². The van der Waals surface area contributed by atoms with E-state index in [9.17, 15) is 4.79 Å². The van der Waals surface area contributed by atoms with E-state index in [1.54, 1.807) is 4.90 Å². The van der Waals surface area contributed by atoms with E-state index in [1.807, 2.05) is 38.6 Å². The van der Waals surface area contributed by atoms with E-state index in [0.717, 1.165) is 37.6 Å². The van der Waals surface area contributed by atoms with Gasteiger partial charge in [0.25, 0.3) is 0 Å². The number of nitrogens with zero attached hydrogens (tertiary/aromatic N) is 1. The number of likely N-dealkylation sites (tertiary alicyclic amines) is 1. The lowest BCUT2D eigenvalue weighted by Crippen LogP contribution is -2.38. The molecule has 4 nitrogen and oxygen atoms in total. The average molecular weight is 286 g/mol. The number of thioether (sulfide) groups is 1. The number of hydrogen-bond acceptors (Lipinski definition) is 4. The van der Waals surface area contributed by atoms with Crippen LogP contribution in [0.25, 0.3) is 0 Å². The molecule has 0 radical (unpaired) electrons. The van der Waals surface area contributed by atoms with Crippen molar-refractivity contribution in [1.29, 1.82) is 0 Å². The van der Waals surface area contributed by atoms with Crippen molar-refractivity contribution in [3.63, 3.8) is 0 Å². The number of carbonyl (C=O) groups is 1. The number of nitrogens with one attached hydrogen (secondary N) is 1. The Balaban J connectivity index is 2.18. The molecule has 1 aliphatic heterocycles. The highest BCUT2D eigenvalue weighted by molar-refractivity contribution is 7.99. The van der Waals surface area contributed by atoms with Crippen molar-refractivity contribution in [2.45, 2.75) is 38.8 Å². The number of rotatable bonds is 6. The zero-order chi connectivity index (χ0) is 14.3. The fourth-order valence-electron chi connectivity index (χ4n) is 1.92. The molecule has 19 heavy (non-hydrogen) atoms. The van der Waals surface area contributed by atoms with Gasteiger partial charge in [-0.2, -0.15) is 11.8 Å². The lowest BCUT2D eigenvalue weighted by atomic mass is 10.2. The lowest BCUT2D eigenvalue weighted by Gasteiger charge is -2.24. The molecule has 1 amide bonds. The first-order valence-corrected chi connectivity index (χ1v) is 7.98. The fraction of sp³-hybridized carbons (Fsp3) is 0.786. The van der Waals surface area contributed by atoms with Crippen molar-refractivity contribution in [2.75, 3.05) is 31.1 Å². The van der Waals surface area contributed by atoms with Crippen LogP contribution in [0.15, 0.2) is 12.7 Å². The van der Waals surface area contributed by atoms with E-state index in [4.69, 9.17) is 4.74 Å². The van der Waals surface area contributed by atoms with Gasteiger partial charge in [-0.25, -0.2) is 4.79 Å². The Morgan fingerprint density at radius 2 is 2.32 bits per heavy atom. The van der Waals surface area contributed by atoms with Gasteiger partial charge in [0.2, 0.25) is 0 Å². The van der Waals surface area contributed by atoms with Crippen molar-refractivity contribution in [1.82, 2.24) is 10.2 Å². The van der Waals surface area contributed by atoms with Crippen LogP contribution in [0.1, 0.15) is 27.2 Å². The van der Waals surface area contributed by atoms with Crippen molar-refractivity contribution in [2.24, 2.45) is 0 Å². The molecule has 1 aliphatic rings. The zero-order valence-corrected chi connectivity index (χ0v) is 13.1. The highest BCUT2D eigenvalue weighted by atomic mass is 32.2. The van der Waals surface area contributed by atoms with Crippen molar-refractivity contribution in [3.05, 3.63) is 12.7 Å². The van der Waals surface area contributed by atoms with Gasteiger partial charge in [-0.3, -0.25) is 0 Å². The third kappa shape index (κ3) is 6.87. The molecular formula is C14H26N2O2S. The average Bonchev–Trinajstić information content (AvgIpc) is 2.75. The molecule has 0 aromatic rings. The second-order valence-corrected chi connectivity index (χ2v) is 6.88. The first-order valence-electron chi connectivity index (χ1n) is 6.82. The molecular weight excluding hydrogens is 260 g/mol. The molecule has 1 N–H and O–H groups in total. The summed E-state index contributed by atoms with van der Waals surface area (Å²) in [6, 6.07) is 0.400. The van der Waals surface area contributed by atoms with E-state index in [0.29, 0.717) is 6.04 Å². The summed E-state index contributed by atoms with van der Waals surface area (Å²) in [4.78, 5) is 13.7. The van der Waals surface area contributed by atoms with Crippen LogP contribution in [0.3, 0.4) is 0 Å². The van der Waals surface area contributed by atoms with Gasteiger partial charge in [0, 0.05) is 37.2 Å². The Labute approximate surface area is 120 Å². The van der Waals surface area contributed by atoms with Crippen molar-refractivity contribution in [3.8, 4) is 0 Å². The monoisotopic (exact) mass is 286 g/mol. The molecule has 1 rings (SSSR count). The van der Waals surface area contributed by atoms with Crippen molar-refractivity contribution < 1.29 is 9.53 Å². The predicted octanol–water partition coefficient (Wildman–Crippen LogP) is 2.50. The molecule has 5 heteroatoms. The van der Waals surface area contributed by atoms with Crippen LogP contribution >= 0.6 is 11.8 Å². The molecule has 110 valence electrons. The van der Waals surface area contributed by atoms with E-state index < -0.39 is 5.60 Å². The van der Waals surface area contributed by atoms with Crippen LogP contribution in [-0.2, 0) is 4.74 Å². The van der Waals surface area contributed by atoms with Gasteiger partial charge >= 0.3 is 6.09 Å². The Bertz CT molecular complexity index is 302. The summed E-state index contributed by atoms with van der Waals surface area (Å²) >= 11 is 1.87. The van der Waals surface area contributed by atoms with Gasteiger partial charge in [0.1, 0.15) is 5.60 Å². The van der Waals surface area contributed by atoms with Crippen molar-refractivity contribution >= 4 is 17.9 Å². The maximum atomic E-state index is 11.9. The Morgan fingerprint density at radius 1 is 1.58 bits per heavy atom. The number of ether oxygens (including phenoxy) is 1. The summed E-state index contributed by atoms with van der Waals surface area (Å²) in [6.07, 6.45) is 2.73.